The Morgan fingerprint density at radius 3 is 0.939 bits per heavy atom. The summed E-state index contributed by atoms with van der Waals surface area (Å²) in [6, 6.07) is 8.52. The quantitative estimate of drug-likeness (QED) is 0.0452. The van der Waals surface area contributed by atoms with Crippen LogP contribution in [0.1, 0.15) is 311 Å². The molecule has 0 heterocycles. The fraction of sp³-hybridized carbons (Fsp3) is 1.00. The molecule has 0 amide bonds. The van der Waals surface area contributed by atoms with Gasteiger partial charge >= 0.3 is 0 Å². The van der Waals surface area contributed by atoms with Gasteiger partial charge in [-0.2, -0.15) is 0 Å². The lowest BCUT2D eigenvalue weighted by molar-refractivity contribution is 0.0907. The molecule has 0 spiro atoms. The summed E-state index contributed by atoms with van der Waals surface area (Å²) in [6.07, 6.45) is 31.4. The van der Waals surface area contributed by atoms with E-state index < -0.39 is 0 Å². The van der Waals surface area contributed by atoms with Crippen LogP contribution in [0.3, 0.4) is 0 Å². The highest BCUT2D eigenvalue weighted by Crippen LogP contribution is 2.37. The second-order valence-corrected chi connectivity index (χ2v) is 34.6. The fourth-order valence-corrected chi connectivity index (χ4v) is 15.9. The minimum absolute atomic E-state index is 0.0195. The van der Waals surface area contributed by atoms with Crippen molar-refractivity contribution in [1.29, 1.82) is 0 Å². The van der Waals surface area contributed by atoms with Crippen molar-refractivity contribution in [2.75, 3.05) is 33.0 Å². The zero-order chi connectivity index (χ0) is 73.9. The van der Waals surface area contributed by atoms with Crippen LogP contribution < -0.4 is 42.5 Å². The minimum atomic E-state index is -0.314. The molecule has 588 valence electrons. The first-order valence-corrected chi connectivity index (χ1v) is 40.8. The van der Waals surface area contributed by atoms with E-state index in [1.165, 1.54) is 77.0 Å². The SMILES string of the molecule is CC(C)CC1CC(CO)C1.CC(C)NC1CCC(CO)CC1.CC(C)NC1CCC(O)CC1.CC(C)NC[C@H]1CC[C@H](O)C1.CC(C)N[C@@H]1CCC[C@@H](O)C1.CC(C)N[C@@H]1CC[C@@H](CO)C1.CC(C)N[C@@H]1CC[C@@H](O)C1.CC(C)N[C@@H]1CC[C@H](O)C1.CC(C)N[C@H]1C[C@H](CO)[C@H](O)C1. The molecule has 0 radical (unpaired) electrons. The van der Waals surface area contributed by atoms with Crippen molar-refractivity contribution in [3.63, 3.8) is 0 Å². The zero-order valence-corrected chi connectivity index (χ0v) is 66.7. The molecule has 18 N–H and O–H groups in total. The maximum atomic E-state index is 9.47. The van der Waals surface area contributed by atoms with Gasteiger partial charge in [0, 0.05) is 123 Å². The average molecular weight is 1400 g/mol. The molecule has 0 aromatic heterocycles. The maximum absolute atomic E-state index is 9.47. The summed E-state index contributed by atoms with van der Waals surface area (Å²) < 4.78 is 0. The second kappa shape index (κ2) is 55.7. The molecule has 9 rings (SSSR count). The largest absolute Gasteiger partial charge is 0.396 e. The van der Waals surface area contributed by atoms with Gasteiger partial charge in [-0.15, -0.1) is 0 Å². The standard InChI is InChI=1S/C10H21NO.C9H19NO2.4C9H19NO.C9H18O.2C8H17NO/c1-8(2)11-10-5-3-9(7-12)4-6-10;1-6(2)10-8-3-7(5-11)9(12)4-8;1-7(2)10-8-3-5-9(11)6-4-8;1-7(2)10-9-4-3-8(5-9)6-11;1-7(2)10-6-8-3-4-9(11)5-8;1-7(2)10-8-4-3-5-9(11)6-8;1-7(2)3-8-4-9(5-8)6-10;2*1-6(2)9-7-3-4-8(10)5-7/h8-12H,3-7H2,1-2H3;6-12H,3-5H2,1-2H3;4*7-11H,3-6H2,1-2H3;7-10H,3-6H2,1-2H3;2*6-10H,3-5H2,1-2H3/t;7-,8+,9-;;3*8-,9-;;7-,8+;7-,8-/m.1.101.11/s1. The summed E-state index contributed by atoms with van der Waals surface area (Å²) in [4.78, 5) is 0. The average Bonchev–Trinajstić information content (AvgIpc) is 1.16. The Bertz CT molecular complexity index is 1770. The van der Waals surface area contributed by atoms with Crippen molar-refractivity contribution in [2.24, 2.45) is 41.4 Å². The highest BCUT2D eigenvalue weighted by molar-refractivity contribution is 4.89. The first kappa shape index (κ1) is 95.3. The highest BCUT2D eigenvalue weighted by atomic mass is 16.3. The molecule has 0 aromatic carbocycles. The third-order valence-corrected chi connectivity index (χ3v) is 20.7. The van der Waals surface area contributed by atoms with Crippen LogP contribution in [0, 0.1) is 41.4 Å². The molecule has 0 unspecified atom stereocenters. The molecule has 98 heavy (non-hydrogen) atoms. The Kier molecular flexibility index (Phi) is 54.2. The molecule has 9 aliphatic rings. The molecule has 9 aliphatic carbocycles. The van der Waals surface area contributed by atoms with Crippen LogP contribution in [0.25, 0.3) is 0 Å². The molecule has 9 saturated carbocycles. The normalized spacial score (nSPS) is 32.8. The lowest BCUT2D eigenvalue weighted by Gasteiger charge is -2.35. The van der Waals surface area contributed by atoms with E-state index in [0.717, 1.165) is 128 Å². The number of aliphatic hydroxyl groups is 10. The zero-order valence-electron chi connectivity index (χ0n) is 66.7. The fourth-order valence-electron chi connectivity index (χ4n) is 15.9. The minimum Gasteiger partial charge on any atom is -0.396 e. The summed E-state index contributed by atoms with van der Waals surface area (Å²) in [5.74, 6) is 4.35. The van der Waals surface area contributed by atoms with E-state index in [2.05, 4.69) is 167 Å². The summed E-state index contributed by atoms with van der Waals surface area (Å²) in [5, 5.41) is 119. The third kappa shape index (κ3) is 49.9. The van der Waals surface area contributed by atoms with E-state index >= 15 is 0 Å². The molecule has 0 bridgehead atoms. The van der Waals surface area contributed by atoms with Crippen molar-refractivity contribution in [2.45, 2.75) is 438 Å². The van der Waals surface area contributed by atoms with E-state index in [-0.39, 0.29) is 49.1 Å². The first-order valence-electron chi connectivity index (χ1n) is 40.8. The van der Waals surface area contributed by atoms with Crippen molar-refractivity contribution in [3.8, 4) is 0 Å². The van der Waals surface area contributed by atoms with Crippen LogP contribution >= 0.6 is 0 Å². The second-order valence-electron chi connectivity index (χ2n) is 34.6. The van der Waals surface area contributed by atoms with Gasteiger partial charge in [0.05, 0.1) is 36.6 Å². The first-order chi connectivity index (χ1) is 46.2. The van der Waals surface area contributed by atoms with Gasteiger partial charge in [-0.1, -0.05) is 125 Å². The lowest BCUT2D eigenvalue weighted by atomic mass is 9.72. The number of rotatable bonds is 23. The van der Waals surface area contributed by atoms with E-state index in [1.54, 1.807) is 0 Å². The molecular weight excluding hydrogens is 1230 g/mol. The van der Waals surface area contributed by atoms with Crippen LogP contribution in [0.4, 0.5) is 0 Å². The predicted octanol–water partition coefficient (Wildman–Crippen LogP) is 10.4. The molecular formula is C80H168N8O10. The Balaban J connectivity index is 0.000000552. The Morgan fingerprint density at radius 1 is 0.255 bits per heavy atom. The molecule has 9 fully saturated rings. The molecule has 18 nitrogen and oxygen atoms in total. The van der Waals surface area contributed by atoms with Crippen LogP contribution in [0.5, 0.6) is 0 Å². The van der Waals surface area contributed by atoms with Gasteiger partial charge in [0.15, 0.2) is 0 Å². The smallest absolute Gasteiger partial charge is 0.0605 e. The van der Waals surface area contributed by atoms with Crippen molar-refractivity contribution >= 4 is 0 Å². The number of aliphatic hydroxyl groups excluding tert-OH is 10. The molecule has 0 aromatic rings. The Morgan fingerprint density at radius 2 is 0.592 bits per heavy atom. The van der Waals surface area contributed by atoms with Crippen LogP contribution in [0.15, 0.2) is 0 Å². The van der Waals surface area contributed by atoms with E-state index in [4.69, 9.17) is 20.4 Å². The maximum Gasteiger partial charge on any atom is 0.0605 e. The Labute approximate surface area is 603 Å². The van der Waals surface area contributed by atoms with Crippen LogP contribution in [-0.2, 0) is 0 Å². The van der Waals surface area contributed by atoms with Crippen LogP contribution in [0.2, 0.25) is 0 Å². The van der Waals surface area contributed by atoms with Gasteiger partial charge in [-0.25, -0.2) is 0 Å². The van der Waals surface area contributed by atoms with E-state index in [9.17, 15) is 30.6 Å². The van der Waals surface area contributed by atoms with Crippen LogP contribution in [-0.4, -0.2) is 211 Å². The summed E-state index contributed by atoms with van der Waals surface area (Å²) >= 11 is 0. The summed E-state index contributed by atoms with van der Waals surface area (Å²) in [6.45, 7) is 41.4. The van der Waals surface area contributed by atoms with Gasteiger partial charge in [-0.05, 0) is 228 Å². The van der Waals surface area contributed by atoms with E-state index in [0.29, 0.717) is 134 Å². The third-order valence-electron chi connectivity index (χ3n) is 20.7. The van der Waals surface area contributed by atoms with Gasteiger partial charge in [0.1, 0.15) is 0 Å². The van der Waals surface area contributed by atoms with Gasteiger partial charge < -0.3 is 93.6 Å². The molecule has 0 aliphatic heterocycles. The summed E-state index contributed by atoms with van der Waals surface area (Å²) in [5.41, 5.74) is 0. The number of hydrogen-bond donors (Lipinski definition) is 18. The van der Waals surface area contributed by atoms with Gasteiger partial charge in [0.25, 0.3) is 0 Å². The molecule has 13 atom stereocenters. The van der Waals surface area contributed by atoms with Crippen molar-refractivity contribution in [1.82, 2.24) is 42.5 Å². The monoisotopic (exact) mass is 1400 g/mol. The van der Waals surface area contributed by atoms with Crippen molar-refractivity contribution in [3.05, 3.63) is 0 Å². The van der Waals surface area contributed by atoms with Gasteiger partial charge in [0.2, 0.25) is 0 Å². The Hall–Kier alpha value is -0.720. The van der Waals surface area contributed by atoms with Gasteiger partial charge in [-0.3, -0.25) is 0 Å². The highest BCUT2D eigenvalue weighted by Gasteiger charge is 2.33. The van der Waals surface area contributed by atoms with Crippen molar-refractivity contribution < 1.29 is 51.1 Å². The number of hydrogen-bond acceptors (Lipinski definition) is 18. The summed E-state index contributed by atoms with van der Waals surface area (Å²) in [7, 11) is 0. The molecule has 18 heteroatoms. The lowest BCUT2D eigenvalue weighted by Crippen LogP contribution is -2.39. The van der Waals surface area contributed by atoms with E-state index in [1.807, 2.05) is 0 Å². The molecule has 0 saturated heterocycles. The topological polar surface area (TPSA) is 299 Å². The predicted molar refractivity (Wildman–Crippen MR) is 412 cm³/mol. The number of nitrogens with one attached hydrogen (secondary N) is 8.